The number of hydrogen-bond acceptors (Lipinski definition) is 5. The summed E-state index contributed by atoms with van der Waals surface area (Å²) in [6.07, 6.45) is -1.32. The summed E-state index contributed by atoms with van der Waals surface area (Å²) in [5.74, 6) is -7.45. The summed E-state index contributed by atoms with van der Waals surface area (Å²) >= 11 is 0.800. The zero-order valence-electron chi connectivity index (χ0n) is 27.1. The van der Waals surface area contributed by atoms with Gasteiger partial charge in [0.15, 0.2) is 0 Å². The maximum atomic E-state index is 15.3. The van der Waals surface area contributed by atoms with Gasteiger partial charge in [-0.25, -0.2) is 17.6 Å². The third-order valence-corrected chi connectivity index (χ3v) is 8.57. The van der Waals surface area contributed by atoms with Gasteiger partial charge in [0, 0.05) is 42.1 Å². The number of alkyl halides is 6. The highest BCUT2D eigenvalue weighted by atomic mass is 127. The molecule has 50 heavy (non-hydrogen) atoms. The van der Waals surface area contributed by atoms with E-state index in [0.29, 0.717) is 24.1 Å². The average molecular weight is 815 g/mol. The Balaban J connectivity index is 2.40. The molecule has 3 aromatic rings. The highest BCUT2D eigenvalue weighted by Crippen LogP contribution is 2.39. The van der Waals surface area contributed by atoms with Crippen molar-refractivity contribution in [2.24, 2.45) is 5.18 Å². The molecule has 0 spiro atoms. The summed E-state index contributed by atoms with van der Waals surface area (Å²) in [6, 6.07) is 12.6. The van der Waals surface area contributed by atoms with Crippen LogP contribution in [0.15, 0.2) is 102 Å². The summed E-state index contributed by atoms with van der Waals surface area (Å²) in [6.45, 7) is 7.04. The standard InChI is InChI=1S/C36H33F6IN2O5/c1-5-28(46)14-11-22(3)35(20-25-9-7-6-8-23(25)13-15-31(47)45-49,26-17-27(37)19-29(18-26)50-36(41,42)33(38)43)44-32(48)24-12-10-21(2)30(16-24)34(4,39)40/h5-12,14,16-19,33,46H,1,13,15,20H2,2-4H3,(H,44,48)/b22-11+,28-14+/t33?,35-/m1/s1. The molecule has 0 fully saturated rings. The van der Waals surface area contributed by atoms with Crippen LogP contribution in [0, 0.1) is 17.6 Å². The first kappa shape index (κ1) is 40.0. The Labute approximate surface area is 298 Å². The molecule has 0 aliphatic heterocycles. The van der Waals surface area contributed by atoms with Crippen LogP contribution in [-0.4, -0.2) is 27.2 Å². The molecule has 0 aromatic heterocycles. The van der Waals surface area contributed by atoms with Gasteiger partial charge in [0.05, 0.1) is 5.54 Å². The van der Waals surface area contributed by atoms with Gasteiger partial charge in [-0.2, -0.15) is 8.78 Å². The van der Waals surface area contributed by atoms with Gasteiger partial charge in [0.25, 0.3) is 21.9 Å². The quantitative estimate of drug-likeness (QED) is 0.0397. The second kappa shape index (κ2) is 16.5. The highest BCUT2D eigenvalue weighted by Gasteiger charge is 2.43. The van der Waals surface area contributed by atoms with Crippen molar-refractivity contribution in [1.29, 1.82) is 0 Å². The summed E-state index contributed by atoms with van der Waals surface area (Å²) in [5, 5.41) is 15.3. The normalized spacial score (nSPS) is 14.4. The summed E-state index contributed by atoms with van der Waals surface area (Å²) in [4.78, 5) is 36.6. The number of rotatable bonds is 15. The molecule has 7 nitrogen and oxygen atoms in total. The zero-order valence-corrected chi connectivity index (χ0v) is 29.2. The summed E-state index contributed by atoms with van der Waals surface area (Å²) < 4.78 is 88.6. The van der Waals surface area contributed by atoms with E-state index in [4.69, 9.17) is 0 Å². The fraction of sp³-hybridized carbons (Fsp3) is 0.278. The van der Waals surface area contributed by atoms with E-state index in [9.17, 15) is 41.6 Å². The molecule has 2 atom stereocenters. The molecule has 0 radical (unpaired) electrons. The number of nitroso groups, excluding NO2 is 1. The lowest BCUT2D eigenvalue weighted by molar-refractivity contribution is -0.192. The third kappa shape index (κ3) is 10.0. The number of nitrogens with zero attached hydrogens (tertiary/aromatic N) is 1. The second-order valence-electron chi connectivity index (χ2n) is 11.5. The lowest BCUT2D eigenvalue weighted by Gasteiger charge is -2.38. The molecular weight excluding hydrogens is 781 g/mol. The predicted molar refractivity (Wildman–Crippen MR) is 185 cm³/mol. The Morgan fingerprint density at radius 3 is 2.32 bits per heavy atom. The van der Waals surface area contributed by atoms with Crippen LogP contribution in [0.25, 0.3) is 0 Å². The van der Waals surface area contributed by atoms with Crippen molar-refractivity contribution in [1.82, 2.24) is 5.32 Å². The molecule has 14 heteroatoms. The zero-order chi connectivity index (χ0) is 37.4. The summed E-state index contributed by atoms with van der Waals surface area (Å²) in [7, 11) is 0. The predicted octanol–water partition coefficient (Wildman–Crippen LogP) is 9.62. The number of halogens is 7. The smallest absolute Gasteiger partial charge is 0.439 e. The minimum atomic E-state index is -4.39. The monoisotopic (exact) mass is 814 g/mol. The van der Waals surface area contributed by atoms with Crippen LogP contribution < -0.4 is 10.1 Å². The molecule has 0 saturated heterocycles. The molecule has 0 aliphatic carbocycles. The first-order valence-corrected chi connectivity index (χ1v) is 16.2. The number of allylic oxidation sites excluding steroid dienone is 3. The van der Waals surface area contributed by atoms with Crippen molar-refractivity contribution >= 4 is 34.4 Å². The number of amides is 2. The fourth-order valence-electron chi connectivity index (χ4n) is 5.22. The van der Waals surface area contributed by atoms with E-state index < -0.39 is 50.7 Å². The maximum Gasteiger partial charge on any atom is 0.439 e. The second-order valence-corrected chi connectivity index (χ2v) is 12.6. The van der Waals surface area contributed by atoms with Crippen LogP contribution in [0.3, 0.4) is 0 Å². The van der Waals surface area contributed by atoms with Gasteiger partial charge in [0.1, 0.15) is 17.3 Å². The van der Waals surface area contributed by atoms with Gasteiger partial charge in [-0.05, 0) is 107 Å². The van der Waals surface area contributed by atoms with Crippen molar-refractivity contribution in [3.63, 3.8) is 0 Å². The first-order valence-electron chi connectivity index (χ1n) is 14.9. The minimum absolute atomic E-state index is 0.00881. The molecule has 2 amide bonds. The maximum absolute atomic E-state index is 15.3. The molecule has 1 unspecified atom stereocenters. The van der Waals surface area contributed by atoms with E-state index in [1.165, 1.54) is 38.1 Å². The highest BCUT2D eigenvalue weighted by molar-refractivity contribution is 14.1. The number of aliphatic hydroxyl groups is 1. The van der Waals surface area contributed by atoms with E-state index in [-0.39, 0.29) is 47.3 Å². The number of nitrogens with one attached hydrogen (secondary N) is 1. The van der Waals surface area contributed by atoms with Crippen LogP contribution in [0.4, 0.5) is 26.3 Å². The lowest BCUT2D eigenvalue weighted by atomic mass is 9.76. The lowest BCUT2D eigenvalue weighted by Crippen LogP contribution is -2.49. The van der Waals surface area contributed by atoms with Crippen LogP contribution in [-0.2, 0) is 29.1 Å². The van der Waals surface area contributed by atoms with E-state index in [0.717, 1.165) is 46.9 Å². The van der Waals surface area contributed by atoms with Gasteiger partial charge in [-0.15, -0.1) is 4.91 Å². The van der Waals surface area contributed by atoms with Gasteiger partial charge in [-0.1, -0.05) is 43.0 Å². The van der Waals surface area contributed by atoms with Crippen LogP contribution in [0.2, 0.25) is 0 Å². The number of aryl methyl sites for hydroxylation is 2. The Morgan fingerprint density at radius 1 is 1.06 bits per heavy atom. The fourth-order valence-corrected chi connectivity index (χ4v) is 5.35. The topological polar surface area (TPSA) is 105 Å². The molecular formula is C36H33F6IN2O5. The van der Waals surface area contributed by atoms with Crippen molar-refractivity contribution in [2.75, 3.05) is 0 Å². The Bertz CT molecular complexity index is 1820. The van der Waals surface area contributed by atoms with Crippen molar-refractivity contribution < 1.29 is 45.8 Å². The number of carbonyl (C=O) groups is 2. The molecule has 0 aliphatic rings. The SMILES string of the molecule is C=C/C(O)=C\C=C(/C)[C@@](Cc1ccccc1CCC(=O)N=O)(NC(=O)c1ccc(C)c(C(C)(F)F)c1)c1cc(F)cc(OC(F)(F)C(F)I)c1. The van der Waals surface area contributed by atoms with E-state index in [1.54, 1.807) is 24.3 Å². The van der Waals surface area contributed by atoms with E-state index >= 15 is 4.39 Å². The number of benzene rings is 3. The Kier molecular flexibility index (Phi) is 13.2. The van der Waals surface area contributed by atoms with E-state index in [2.05, 4.69) is 21.8 Å². The van der Waals surface area contributed by atoms with Gasteiger partial charge in [-0.3, -0.25) is 9.59 Å². The molecule has 0 heterocycles. The number of hydrogen-bond donors (Lipinski definition) is 2. The van der Waals surface area contributed by atoms with Crippen LogP contribution >= 0.6 is 22.6 Å². The number of ether oxygens (including phenoxy) is 1. The Morgan fingerprint density at radius 2 is 1.72 bits per heavy atom. The van der Waals surface area contributed by atoms with Crippen molar-refractivity contribution in [3.05, 3.63) is 141 Å². The largest absolute Gasteiger partial charge is 0.508 e. The van der Waals surface area contributed by atoms with Crippen molar-refractivity contribution in [3.8, 4) is 5.75 Å². The van der Waals surface area contributed by atoms with Crippen LogP contribution in [0.1, 0.15) is 58.4 Å². The van der Waals surface area contributed by atoms with Gasteiger partial charge < -0.3 is 15.2 Å². The molecule has 266 valence electrons. The van der Waals surface area contributed by atoms with Crippen molar-refractivity contribution in [2.45, 2.75) is 61.8 Å². The van der Waals surface area contributed by atoms with E-state index in [1.807, 2.05) is 0 Å². The third-order valence-electron chi connectivity index (χ3n) is 7.84. The molecule has 0 saturated carbocycles. The summed E-state index contributed by atoms with van der Waals surface area (Å²) in [5.41, 5.74) is -1.53. The molecule has 3 aromatic carbocycles. The average Bonchev–Trinajstić information content (AvgIpc) is 3.04. The Hall–Kier alpha value is -4.47. The molecule has 3 rings (SSSR count). The van der Waals surface area contributed by atoms with Gasteiger partial charge in [0.2, 0.25) is 0 Å². The minimum Gasteiger partial charge on any atom is -0.508 e. The first-order chi connectivity index (χ1) is 23.3. The molecule has 0 bridgehead atoms. The number of aliphatic hydroxyl groups excluding tert-OH is 1. The molecule has 2 N–H and O–H groups in total. The van der Waals surface area contributed by atoms with Gasteiger partial charge >= 0.3 is 6.11 Å². The number of carbonyl (C=O) groups excluding carboxylic acids is 2. The van der Waals surface area contributed by atoms with Crippen LogP contribution in [0.5, 0.6) is 5.75 Å².